The Kier molecular flexibility index (Phi) is 10.8. The van der Waals surface area contributed by atoms with Crippen LogP contribution in [0.25, 0.3) is 0 Å². The van der Waals surface area contributed by atoms with Crippen LogP contribution in [0.4, 0.5) is 10.1 Å². The molecule has 264 valence electrons. The molecule has 10 nitrogen and oxygen atoms in total. The molecule has 11 heteroatoms. The molecule has 3 aliphatic rings. The molecule has 2 aliphatic heterocycles. The van der Waals surface area contributed by atoms with Crippen molar-refractivity contribution in [2.24, 2.45) is 0 Å². The number of nitrogens with zero attached hydrogens (tertiary/aromatic N) is 2. The van der Waals surface area contributed by atoms with Crippen LogP contribution in [0.15, 0.2) is 66.7 Å². The van der Waals surface area contributed by atoms with E-state index in [9.17, 15) is 23.6 Å². The van der Waals surface area contributed by atoms with Gasteiger partial charge in [-0.3, -0.25) is 19.2 Å². The minimum atomic E-state index is -1.46. The highest BCUT2D eigenvalue weighted by Crippen LogP contribution is 2.39. The summed E-state index contributed by atoms with van der Waals surface area (Å²) in [5.41, 5.74) is 1.13. The smallest absolute Gasteiger partial charge is 0.254 e. The largest absolute Gasteiger partial charge is 0.489 e. The standard InChI is InChI=1S/C39H46FN5O5/c1-26(46)43-32-20-30(19-31(40)22-32)36(47)44-17-18-45(39(2,25-44)38(49)42-23-27-9-5-3-6-10-27)37(48)29-13-14-35(50-33-15-16-41-24-33)34(21-29)28-11-7-4-8-12-28/h3,5-6,9-10,13-14,19-22,28,33,41H,4,7-8,11-12,15-18,23-25H2,1-2H3,(H,42,49)(H,43,46)/t33-,39?/m0/s1. The van der Waals surface area contributed by atoms with Crippen molar-refractivity contribution in [2.75, 3.05) is 38.0 Å². The van der Waals surface area contributed by atoms with Crippen molar-refractivity contribution in [3.63, 3.8) is 0 Å². The van der Waals surface area contributed by atoms with E-state index in [4.69, 9.17) is 4.74 Å². The summed E-state index contributed by atoms with van der Waals surface area (Å²) in [6.07, 6.45) is 6.51. The highest BCUT2D eigenvalue weighted by atomic mass is 19.1. The Morgan fingerprint density at radius 2 is 1.70 bits per heavy atom. The Bertz CT molecular complexity index is 1720. The maximum absolute atomic E-state index is 14.6. The van der Waals surface area contributed by atoms with Crippen molar-refractivity contribution in [3.05, 3.63) is 94.8 Å². The third kappa shape index (κ3) is 7.99. The molecule has 3 aromatic carbocycles. The van der Waals surface area contributed by atoms with Crippen LogP contribution >= 0.6 is 0 Å². The first-order chi connectivity index (χ1) is 24.1. The molecule has 2 saturated heterocycles. The Labute approximate surface area is 292 Å². The zero-order chi connectivity index (χ0) is 35.3. The summed E-state index contributed by atoms with van der Waals surface area (Å²) in [7, 11) is 0. The van der Waals surface area contributed by atoms with Gasteiger partial charge in [0.2, 0.25) is 11.8 Å². The Morgan fingerprint density at radius 3 is 2.42 bits per heavy atom. The topological polar surface area (TPSA) is 120 Å². The average Bonchev–Trinajstić information content (AvgIpc) is 3.63. The van der Waals surface area contributed by atoms with Gasteiger partial charge in [-0.15, -0.1) is 0 Å². The molecular weight excluding hydrogens is 637 g/mol. The lowest BCUT2D eigenvalue weighted by Gasteiger charge is -2.47. The molecule has 2 heterocycles. The number of rotatable bonds is 9. The van der Waals surface area contributed by atoms with Crippen LogP contribution in [0.5, 0.6) is 5.75 Å². The number of carbonyl (C=O) groups excluding carboxylic acids is 4. The maximum atomic E-state index is 14.6. The second-order valence-electron chi connectivity index (χ2n) is 13.9. The number of hydrogen-bond acceptors (Lipinski definition) is 6. The Hall–Kier alpha value is -4.77. The first kappa shape index (κ1) is 35.1. The summed E-state index contributed by atoms with van der Waals surface area (Å²) in [6.45, 7) is 5.00. The van der Waals surface area contributed by atoms with Crippen LogP contribution in [-0.2, 0) is 16.1 Å². The van der Waals surface area contributed by atoms with Crippen molar-refractivity contribution in [3.8, 4) is 5.75 Å². The summed E-state index contributed by atoms with van der Waals surface area (Å²) in [5.74, 6) is -1.20. The van der Waals surface area contributed by atoms with Gasteiger partial charge in [-0.2, -0.15) is 0 Å². The van der Waals surface area contributed by atoms with Gasteiger partial charge in [0.1, 0.15) is 23.2 Å². The summed E-state index contributed by atoms with van der Waals surface area (Å²) < 4.78 is 21.0. The van der Waals surface area contributed by atoms with E-state index in [1.165, 1.54) is 24.3 Å². The SMILES string of the molecule is CC(=O)Nc1cc(F)cc(C(=O)N2CCN(C(=O)c3ccc(O[C@H]4CCNC4)c(C4CCCCC4)c3)C(C)(C(=O)NCc3ccccc3)C2)c1. The molecule has 6 rings (SSSR count). The lowest BCUT2D eigenvalue weighted by atomic mass is 9.83. The highest BCUT2D eigenvalue weighted by molar-refractivity contribution is 6.01. The fourth-order valence-corrected chi connectivity index (χ4v) is 7.42. The van der Waals surface area contributed by atoms with E-state index in [-0.39, 0.29) is 55.4 Å². The van der Waals surface area contributed by atoms with Crippen molar-refractivity contribution < 1.29 is 28.3 Å². The lowest BCUT2D eigenvalue weighted by Crippen LogP contribution is -2.69. The number of ether oxygens (including phenoxy) is 1. The number of piperazine rings is 1. The zero-order valence-electron chi connectivity index (χ0n) is 28.8. The number of benzene rings is 3. The van der Waals surface area contributed by atoms with Crippen LogP contribution in [0, 0.1) is 5.82 Å². The fourth-order valence-electron chi connectivity index (χ4n) is 7.42. The normalized spacial score (nSPS) is 21.1. The van der Waals surface area contributed by atoms with Crippen LogP contribution in [-0.4, -0.2) is 77.8 Å². The summed E-state index contributed by atoms with van der Waals surface area (Å²) in [6, 6.07) is 18.7. The van der Waals surface area contributed by atoms with Crippen LogP contribution in [0.2, 0.25) is 0 Å². The van der Waals surface area contributed by atoms with E-state index in [0.29, 0.717) is 5.56 Å². The van der Waals surface area contributed by atoms with Crippen molar-refractivity contribution in [1.29, 1.82) is 0 Å². The number of amides is 4. The third-order valence-electron chi connectivity index (χ3n) is 10.1. The molecule has 3 fully saturated rings. The van der Waals surface area contributed by atoms with Gasteiger partial charge >= 0.3 is 0 Å². The molecular formula is C39H46FN5O5. The molecule has 1 aliphatic carbocycles. The predicted octanol–water partition coefficient (Wildman–Crippen LogP) is 5.25. The summed E-state index contributed by atoms with van der Waals surface area (Å²) in [4.78, 5) is 57.2. The van der Waals surface area contributed by atoms with Crippen molar-refractivity contribution in [1.82, 2.24) is 20.4 Å². The van der Waals surface area contributed by atoms with Gasteiger partial charge < -0.3 is 30.5 Å². The highest BCUT2D eigenvalue weighted by Gasteiger charge is 2.48. The maximum Gasteiger partial charge on any atom is 0.254 e. The molecule has 1 unspecified atom stereocenters. The average molecular weight is 684 g/mol. The number of anilines is 1. The molecule has 1 saturated carbocycles. The number of hydrogen-bond donors (Lipinski definition) is 3. The summed E-state index contributed by atoms with van der Waals surface area (Å²) >= 11 is 0. The fraction of sp³-hybridized carbons (Fsp3) is 0.436. The van der Waals surface area contributed by atoms with E-state index in [1.54, 1.807) is 17.9 Å². The van der Waals surface area contributed by atoms with Crippen molar-refractivity contribution in [2.45, 2.75) is 76.5 Å². The molecule has 4 amide bonds. The van der Waals surface area contributed by atoms with E-state index in [0.717, 1.165) is 74.2 Å². The number of carbonyl (C=O) groups is 4. The zero-order valence-corrected chi connectivity index (χ0v) is 28.8. The van der Waals surface area contributed by atoms with Crippen molar-refractivity contribution >= 4 is 29.3 Å². The van der Waals surface area contributed by atoms with Crippen LogP contribution < -0.4 is 20.7 Å². The van der Waals surface area contributed by atoms with Gasteiger partial charge in [0.05, 0.1) is 6.54 Å². The van der Waals surface area contributed by atoms with Gasteiger partial charge in [-0.1, -0.05) is 49.6 Å². The molecule has 0 radical (unpaired) electrons. The van der Waals surface area contributed by atoms with Gasteiger partial charge in [0.25, 0.3) is 11.8 Å². The first-order valence-electron chi connectivity index (χ1n) is 17.6. The second-order valence-corrected chi connectivity index (χ2v) is 13.9. The lowest BCUT2D eigenvalue weighted by molar-refractivity contribution is -0.134. The molecule has 50 heavy (non-hydrogen) atoms. The molecule has 2 atom stereocenters. The van der Waals surface area contributed by atoms with Crippen LogP contribution in [0.1, 0.15) is 90.1 Å². The van der Waals surface area contributed by atoms with E-state index >= 15 is 0 Å². The Balaban J connectivity index is 1.30. The Morgan fingerprint density at radius 1 is 0.920 bits per heavy atom. The van der Waals surface area contributed by atoms with Gasteiger partial charge in [-0.05, 0) is 86.2 Å². The molecule has 0 bridgehead atoms. The van der Waals surface area contributed by atoms with E-state index in [1.807, 2.05) is 42.5 Å². The first-order valence-corrected chi connectivity index (χ1v) is 17.6. The third-order valence-corrected chi connectivity index (χ3v) is 10.1. The van der Waals surface area contributed by atoms with Gasteiger partial charge in [0.15, 0.2) is 0 Å². The molecule has 0 aromatic heterocycles. The molecule has 3 aromatic rings. The molecule has 0 spiro atoms. The second kappa shape index (κ2) is 15.4. The monoisotopic (exact) mass is 683 g/mol. The number of halogens is 1. The van der Waals surface area contributed by atoms with E-state index in [2.05, 4.69) is 16.0 Å². The van der Waals surface area contributed by atoms with Crippen LogP contribution in [0.3, 0.4) is 0 Å². The number of nitrogens with one attached hydrogen (secondary N) is 3. The van der Waals surface area contributed by atoms with Gasteiger partial charge in [0, 0.05) is 49.9 Å². The predicted molar refractivity (Wildman–Crippen MR) is 189 cm³/mol. The van der Waals surface area contributed by atoms with E-state index < -0.39 is 29.1 Å². The quantitative estimate of drug-likeness (QED) is 0.284. The minimum absolute atomic E-state index is 0.0331. The summed E-state index contributed by atoms with van der Waals surface area (Å²) in [5, 5.41) is 8.87. The minimum Gasteiger partial charge on any atom is -0.489 e. The molecule has 3 N–H and O–H groups in total. The van der Waals surface area contributed by atoms with Gasteiger partial charge in [-0.25, -0.2) is 4.39 Å².